The van der Waals surface area contributed by atoms with Gasteiger partial charge in [0, 0.05) is 18.6 Å². The third-order valence-electron chi connectivity index (χ3n) is 5.27. The van der Waals surface area contributed by atoms with Gasteiger partial charge in [0.25, 0.3) is 11.5 Å². The molecule has 0 spiro atoms. The lowest BCUT2D eigenvalue weighted by Gasteiger charge is -2.19. The van der Waals surface area contributed by atoms with Gasteiger partial charge < -0.3 is 11.1 Å². The fourth-order valence-electron chi connectivity index (χ4n) is 3.76. The first kappa shape index (κ1) is 20.0. The number of carbonyl (C=O) groups excluding carboxylic acids is 1. The van der Waals surface area contributed by atoms with Crippen LogP contribution in [0.1, 0.15) is 34.7 Å². The SMILES string of the molecule is C#Cc1ccn2nc(C(C)NC(=O)c3c(N)nn4cccnc34)n(-c3ccccc3)c(=O)c12. The molecule has 10 nitrogen and oxygen atoms in total. The minimum Gasteiger partial charge on any atom is -0.381 e. The Morgan fingerprint density at radius 1 is 1.12 bits per heavy atom. The number of benzene rings is 1. The summed E-state index contributed by atoms with van der Waals surface area (Å²) in [6.07, 6.45) is 10.4. The molecule has 0 aliphatic carbocycles. The molecule has 0 saturated heterocycles. The largest absolute Gasteiger partial charge is 0.381 e. The second-order valence-corrected chi connectivity index (χ2v) is 7.34. The lowest BCUT2D eigenvalue weighted by Crippen LogP contribution is -2.34. The quantitative estimate of drug-likeness (QED) is 0.411. The highest BCUT2D eigenvalue weighted by Crippen LogP contribution is 2.20. The Bertz CT molecular complexity index is 1620. The number of rotatable bonds is 4. The highest BCUT2D eigenvalue weighted by Gasteiger charge is 2.25. The number of carbonyl (C=O) groups is 1. The lowest BCUT2D eigenvalue weighted by molar-refractivity contribution is 0.0940. The molecule has 5 aromatic rings. The van der Waals surface area contributed by atoms with Crippen molar-refractivity contribution in [2.24, 2.45) is 0 Å². The third kappa shape index (κ3) is 3.19. The molecule has 5 rings (SSSR count). The van der Waals surface area contributed by atoms with E-state index in [1.807, 2.05) is 18.2 Å². The van der Waals surface area contributed by atoms with Crippen molar-refractivity contribution >= 4 is 22.9 Å². The molecular formula is C23H18N8O2. The number of hydrogen-bond acceptors (Lipinski definition) is 6. The molecule has 1 unspecified atom stereocenters. The Kier molecular flexibility index (Phi) is 4.64. The monoisotopic (exact) mass is 438 g/mol. The zero-order valence-electron chi connectivity index (χ0n) is 17.5. The van der Waals surface area contributed by atoms with Crippen LogP contribution in [-0.4, -0.2) is 34.7 Å². The van der Waals surface area contributed by atoms with Crippen LogP contribution in [0.4, 0.5) is 5.82 Å². The molecule has 33 heavy (non-hydrogen) atoms. The second-order valence-electron chi connectivity index (χ2n) is 7.34. The van der Waals surface area contributed by atoms with Crippen LogP contribution in [0.25, 0.3) is 16.9 Å². The number of nitrogen functional groups attached to an aromatic ring is 1. The van der Waals surface area contributed by atoms with Crippen LogP contribution in [0.2, 0.25) is 0 Å². The third-order valence-corrected chi connectivity index (χ3v) is 5.27. The first-order chi connectivity index (χ1) is 16.0. The van der Waals surface area contributed by atoms with E-state index >= 15 is 0 Å². The fraction of sp³-hybridized carbons (Fsp3) is 0.0870. The Morgan fingerprint density at radius 2 is 1.91 bits per heavy atom. The maximum absolute atomic E-state index is 13.5. The molecule has 0 bridgehead atoms. The van der Waals surface area contributed by atoms with Crippen molar-refractivity contribution in [3.8, 4) is 18.0 Å². The number of hydrogen-bond donors (Lipinski definition) is 2. The van der Waals surface area contributed by atoms with Gasteiger partial charge in [-0.3, -0.25) is 14.2 Å². The van der Waals surface area contributed by atoms with Gasteiger partial charge in [-0.1, -0.05) is 24.1 Å². The van der Waals surface area contributed by atoms with Gasteiger partial charge in [0.2, 0.25) is 0 Å². The van der Waals surface area contributed by atoms with E-state index in [9.17, 15) is 9.59 Å². The summed E-state index contributed by atoms with van der Waals surface area (Å²) in [4.78, 5) is 30.8. The van der Waals surface area contributed by atoms with E-state index in [1.165, 1.54) is 13.6 Å². The smallest absolute Gasteiger partial charge is 0.283 e. The summed E-state index contributed by atoms with van der Waals surface area (Å²) in [5.74, 6) is 2.39. The molecule has 0 fully saturated rings. The molecule has 162 valence electrons. The molecule has 0 aliphatic rings. The second kappa shape index (κ2) is 7.65. The molecule has 4 aromatic heterocycles. The maximum atomic E-state index is 13.5. The van der Waals surface area contributed by atoms with Crippen LogP contribution in [-0.2, 0) is 0 Å². The number of nitrogens with two attached hydrogens (primary N) is 1. The molecule has 1 amide bonds. The molecule has 4 heterocycles. The number of nitrogens with one attached hydrogen (secondary N) is 1. The Morgan fingerprint density at radius 3 is 2.67 bits per heavy atom. The average Bonchev–Trinajstić information content (AvgIpc) is 3.39. The van der Waals surface area contributed by atoms with E-state index in [0.717, 1.165) is 0 Å². The van der Waals surface area contributed by atoms with E-state index in [2.05, 4.69) is 26.4 Å². The van der Waals surface area contributed by atoms with Crippen molar-refractivity contribution in [2.45, 2.75) is 13.0 Å². The Balaban J connectivity index is 1.63. The van der Waals surface area contributed by atoms with Gasteiger partial charge >= 0.3 is 0 Å². The maximum Gasteiger partial charge on any atom is 0.283 e. The zero-order chi connectivity index (χ0) is 23.1. The Hall–Kier alpha value is -4.91. The first-order valence-corrected chi connectivity index (χ1v) is 10.1. The lowest BCUT2D eigenvalue weighted by atomic mass is 10.2. The van der Waals surface area contributed by atoms with Gasteiger partial charge in [-0.15, -0.1) is 11.5 Å². The molecule has 3 N–H and O–H groups in total. The van der Waals surface area contributed by atoms with Crippen LogP contribution >= 0.6 is 0 Å². The summed E-state index contributed by atoms with van der Waals surface area (Å²) in [6, 6.07) is 11.7. The minimum atomic E-state index is -0.676. The van der Waals surface area contributed by atoms with E-state index < -0.39 is 11.9 Å². The van der Waals surface area contributed by atoms with E-state index in [4.69, 9.17) is 12.2 Å². The van der Waals surface area contributed by atoms with Crippen LogP contribution in [0.15, 0.2) is 65.8 Å². The Labute approximate surface area is 187 Å². The van der Waals surface area contributed by atoms with Gasteiger partial charge in [0.05, 0.1) is 17.3 Å². The standard InChI is InChI=1S/C23H18N8O2/c1-3-15-10-13-29-18(15)23(33)31(16-8-5-4-6-9-16)20(28-29)14(2)26-22(32)17-19(24)27-30-12-7-11-25-21(17)30/h1,4-14H,2H3,(H2,24,27)(H,26,32). The summed E-state index contributed by atoms with van der Waals surface area (Å²) in [6.45, 7) is 1.73. The van der Waals surface area contributed by atoms with Crippen molar-refractivity contribution in [1.82, 2.24) is 34.1 Å². The molecule has 0 saturated carbocycles. The molecule has 0 radical (unpaired) electrons. The van der Waals surface area contributed by atoms with Crippen molar-refractivity contribution in [2.75, 3.05) is 5.73 Å². The van der Waals surface area contributed by atoms with Gasteiger partial charge in [0.15, 0.2) is 17.3 Å². The van der Waals surface area contributed by atoms with Gasteiger partial charge in [0.1, 0.15) is 11.1 Å². The van der Waals surface area contributed by atoms with Crippen LogP contribution in [0.3, 0.4) is 0 Å². The summed E-state index contributed by atoms with van der Waals surface area (Å²) in [7, 11) is 0. The highest BCUT2D eigenvalue weighted by atomic mass is 16.2. The van der Waals surface area contributed by atoms with Crippen molar-refractivity contribution < 1.29 is 4.79 Å². The predicted octanol–water partition coefficient (Wildman–Crippen LogP) is 1.58. The number of nitrogens with zero attached hydrogens (tertiary/aromatic N) is 6. The molecular weight excluding hydrogens is 420 g/mol. The summed E-state index contributed by atoms with van der Waals surface area (Å²) in [5, 5.41) is 11.6. The number of anilines is 1. The minimum absolute atomic E-state index is 0.0475. The van der Waals surface area contributed by atoms with Crippen molar-refractivity contribution in [1.29, 1.82) is 0 Å². The van der Waals surface area contributed by atoms with E-state index in [-0.39, 0.29) is 22.5 Å². The van der Waals surface area contributed by atoms with E-state index in [0.29, 0.717) is 22.7 Å². The molecule has 1 aromatic carbocycles. The number of aromatic nitrogens is 6. The number of amides is 1. The number of fused-ring (bicyclic) bond motifs is 2. The number of terminal acetylenes is 1. The first-order valence-electron chi connectivity index (χ1n) is 10.1. The zero-order valence-corrected chi connectivity index (χ0v) is 17.5. The highest BCUT2D eigenvalue weighted by molar-refractivity contribution is 6.04. The molecule has 10 heteroatoms. The molecule has 0 aliphatic heterocycles. The van der Waals surface area contributed by atoms with Crippen LogP contribution in [0.5, 0.6) is 0 Å². The fourth-order valence-corrected chi connectivity index (χ4v) is 3.76. The van der Waals surface area contributed by atoms with Crippen LogP contribution in [0, 0.1) is 12.3 Å². The summed E-state index contributed by atoms with van der Waals surface area (Å²) >= 11 is 0. The predicted molar refractivity (Wildman–Crippen MR) is 122 cm³/mol. The van der Waals surface area contributed by atoms with Crippen molar-refractivity contribution in [3.05, 3.63) is 88.4 Å². The average molecular weight is 438 g/mol. The normalized spacial score (nSPS) is 12.0. The van der Waals surface area contributed by atoms with E-state index in [1.54, 1.807) is 49.8 Å². The van der Waals surface area contributed by atoms with Crippen LogP contribution < -0.4 is 16.6 Å². The molecule has 1 atom stereocenters. The van der Waals surface area contributed by atoms with Gasteiger partial charge in [-0.2, -0.15) is 5.10 Å². The van der Waals surface area contributed by atoms with Gasteiger partial charge in [-0.05, 0) is 31.2 Å². The van der Waals surface area contributed by atoms with Crippen molar-refractivity contribution in [3.63, 3.8) is 0 Å². The topological polar surface area (TPSA) is 125 Å². The summed E-state index contributed by atoms with van der Waals surface area (Å²) < 4.78 is 4.30. The van der Waals surface area contributed by atoms with Gasteiger partial charge in [-0.25, -0.2) is 14.0 Å². The summed E-state index contributed by atoms with van der Waals surface area (Å²) in [5.41, 5.74) is 7.41. The number of para-hydroxylation sites is 1.